The summed E-state index contributed by atoms with van der Waals surface area (Å²) in [5, 5.41) is 3.61. The van der Waals surface area contributed by atoms with Gasteiger partial charge in [0.25, 0.3) is 0 Å². The molecule has 0 bridgehead atoms. The van der Waals surface area contributed by atoms with E-state index < -0.39 is 0 Å². The molecule has 0 aliphatic heterocycles. The largest absolute Gasteiger partial charge is 0.377 e. The quantitative estimate of drug-likeness (QED) is 0.650. The zero-order chi connectivity index (χ0) is 12.0. The van der Waals surface area contributed by atoms with Crippen LogP contribution in [0.25, 0.3) is 0 Å². The number of rotatable bonds is 9. The van der Waals surface area contributed by atoms with Gasteiger partial charge in [0.15, 0.2) is 0 Å². The van der Waals surface area contributed by atoms with E-state index >= 15 is 0 Å². The molecule has 1 fully saturated rings. The van der Waals surface area contributed by atoms with Crippen LogP contribution in [0, 0.1) is 5.92 Å². The Bertz CT molecular complexity index is 181. The van der Waals surface area contributed by atoms with Gasteiger partial charge in [0.05, 0.1) is 6.10 Å². The summed E-state index contributed by atoms with van der Waals surface area (Å²) >= 11 is 0. The zero-order valence-electron chi connectivity index (χ0n) is 11.3. The molecule has 0 amide bonds. The van der Waals surface area contributed by atoms with Gasteiger partial charge in [-0.2, -0.15) is 0 Å². The third-order valence-corrected chi connectivity index (χ3v) is 3.30. The average molecular weight is 228 g/mol. The maximum absolute atomic E-state index is 5.75. The van der Waals surface area contributed by atoms with Crippen LogP contribution in [0.15, 0.2) is 0 Å². The summed E-state index contributed by atoms with van der Waals surface area (Å²) in [5.74, 6) is 0.927. The molecule has 96 valence electrons. The SMILES string of the molecule is CCOC(CCN(C)C)CNC(C)C1CC1. The fourth-order valence-corrected chi connectivity index (χ4v) is 1.96. The molecular weight excluding hydrogens is 200 g/mol. The number of hydrogen-bond donors (Lipinski definition) is 1. The van der Waals surface area contributed by atoms with Gasteiger partial charge < -0.3 is 15.0 Å². The van der Waals surface area contributed by atoms with E-state index in [2.05, 4.69) is 38.2 Å². The molecule has 1 rings (SSSR count). The van der Waals surface area contributed by atoms with Crippen LogP contribution in [0.2, 0.25) is 0 Å². The zero-order valence-corrected chi connectivity index (χ0v) is 11.3. The molecule has 0 saturated heterocycles. The Morgan fingerprint density at radius 3 is 2.56 bits per heavy atom. The van der Waals surface area contributed by atoms with E-state index in [1.165, 1.54) is 12.8 Å². The van der Waals surface area contributed by atoms with Crippen LogP contribution >= 0.6 is 0 Å². The second-order valence-electron chi connectivity index (χ2n) is 5.20. The second kappa shape index (κ2) is 7.25. The van der Waals surface area contributed by atoms with Crippen molar-refractivity contribution in [3.63, 3.8) is 0 Å². The van der Waals surface area contributed by atoms with Gasteiger partial charge in [-0.3, -0.25) is 0 Å². The van der Waals surface area contributed by atoms with Gasteiger partial charge in [0, 0.05) is 25.7 Å². The molecule has 2 atom stereocenters. The Labute approximate surface area is 101 Å². The number of ether oxygens (including phenoxy) is 1. The molecule has 0 aromatic carbocycles. The van der Waals surface area contributed by atoms with E-state index in [0.29, 0.717) is 12.1 Å². The molecule has 3 heteroatoms. The molecule has 0 aromatic heterocycles. The first kappa shape index (κ1) is 13.9. The Balaban J connectivity index is 2.15. The molecule has 1 N–H and O–H groups in total. The van der Waals surface area contributed by atoms with Crippen LogP contribution in [0.4, 0.5) is 0 Å². The van der Waals surface area contributed by atoms with Crippen molar-refractivity contribution in [2.75, 3.05) is 33.8 Å². The molecule has 0 spiro atoms. The van der Waals surface area contributed by atoms with Crippen molar-refractivity contribution in [1.29, 1.82) is 0 Å². The van der Waals surface area contributed by atoms with Crippen molar-refractivity contribution in [2.45, 2.75) is 45.3 Å². The standard InChI is InChI=1S/C13H28N2O/c1-5-16-13(8-9-15(3)4)10-14-11(2)12-6-7-12/h11-14H,5-10H2,1-4H3. The first-order valence-corrected chi connectivity index (χ1v) is 6.63. The lowest BCUT2D eigenvalue weighted by Crippen LogP contribution is -2.37. The molecule has 3 nitrogen and oxygen atoms in total. The van der Waals surface area contributed by atoms with Crippen molar-refractivity contribution in [1.82, 2.24) is 10.2 Å². The van der Waals surface area contributed by atoms with Crippen LogP contribution in [0.1, 0.15) is 33.1 Å². The lowest BCUT2D eigenvalue weighted by Gasteiger charge is -2.22. The molecule has 0 heterocycles. The van der Waals surface area contributed by atoms with Crippen LogP contribution < -0.4 is 5.32 Å². The lowest BCUT2D eigenvalue weighted by molar-refractivity contribution is 0.0498. The maximum Gasteiger partial charge on any atom is 0.0711 e. The first-order chi connectivity index (χ1) is 7.63. The highest BCUT2D eigenvalue weighted by molar-refractivity contribution is 4.83. The van der Waals surface area contributed by atoms with Crippen molar-refractivity contribution in [3.8, 4) is 0 Å². The summed E-state index contributed by atoms with van der Waals surface area (Å²) in [6.45, 7) is 7.29. The van der Waals surface area contributed by atoms with Crippen molar-refractivity contribution >= 4 is 0 Å². The van der Waals surface area contributed by atoms with Gasteiger partial charge >= 0.3 is 0 Å². The molecule has 2 unspecified atom stereocenters. The molecule has 16 heavy (non-hydrogen) atoms. The van der Waals surface area contributed by atoms with Gasteiger partial charge in [-0.05, 0) is 53.1 Å². The van der Waals surface area contributed by atoms with Crippen molar-refractivity contribution in [3.05, 3.63) is 0 Å². The number of nitrogens with one attached hydrogen (secondary N) is 1. The summed E-state index contributed by atoms with van der Waals surface area (Å²) in [6.07, 6.45) is 4.30. The molecule has 0 radical (unpaired) electrons. The maximum atomic E-state index is 5.75. The Morgan fingerprint density at radius 2 is 2.06 bits per heavy atom. The Hall–Kier alpha value is -0.120. The molecule has 1 aliphatic rings. The normalized spacial score (nSPS) is 20.1. The number of nitrogens with zero attached hydrogens (tertiary/aromatic N) is 1. The fourth-order valence-electron chi connectivity index (χ4n) is 1.96. The summed E-state index contributed by atoms with van der Waals surface area (Å²) < 4.78 is 5.75. The molecule has 1 aliphatic carbocycles. The molecular formula is C13H28N2O. The minimum absolute atomic E-state index is 0.369. The predicted octanol–water partition coefficient (Wildman–Crippen LogP) is 1.73. The highest BCUT2D eigenvalue weighted by atomic mass is 16.5. The highest BCUT2D eigenvalue weighted by Gasteiger charge is 2.27. The minimum atomic E-state index is 0.369. The Morgan fingerprint density at radius 1 is 1.38 bits per heavy atom. The van der Waals surface area contributed by atoms with E-state index in [0.717, 1.165) is 32.0 Å². The average Bonchev–Trinajstić information content (AvgIpc) is 3.05. The van der Waals surface area contributed by atoms with Crippen LogP contribution in [-0.2, 0) is 4.74 Å². The van der Waals surface area contributed by atoms with Gasteiger partial charge in [-0.25, -0.2) is 0 Å². The fraction of sp³-hybridized carbons (Fsp3) is 1.00. The topological polar surface area (TPSA) is 24.5 Å². The van der Waals surface area contributed by atoms with Gasteiger partial charge in [-0.1, -0.05) is 0 Å². The van der Waals surface area contributed by atoms with Crippen molar-refractivity contribution < 1.29 is 4.74 Å². The predicted molar refractivity (Wildman–Crippen MR) is 68.8 cm³/mol. The van der Waals surface area contributed by atoms with E-state index in [1.54, 1.807) is 0 Å². The van der Waals surface area contributed by atoms with Crippen LogP contribution in [-0.4, -0.2) is 50.8 Å². The van der Waals surface area contributed by atoms with Crippen LogP contribution in [0.3, 0.4) is 0 Å². The molecule has 0 aromatic rings. The monoisotopic (exact) mass is 228 g/mol. The number of hydrogen-bond acceptors (Lipinski definition) is 3. The Kier molecular flexibility index (Phi) is 6.32. The van der Waals surface area contributed by atoms with Crippen molar-refractivity contribution in [2.24, 2.45) is 5.92 Å². The van der Waals surface area contributed by atoms with E-state index in [4.69, 9.17) is 4.74 Å². The van der Waals surface area contributed by atoms with E-state index in [9.17, 15) is 0 Å². The highest BCUT2D eigenvalue weighted by Crippen LogP contribution is 2.32. The second-order valence-corrected chi connectivity index (χ2v) is 5.20. The summed E-state index contributed by atoms with van der Waals surface area (Å²) in [5.41, 5.74) is 0. The summed E-state index contributed by atoms with van der Waals surface area (Å²) in [4.78, 5) is 2.22. The van der Waals surface area contributed by atoms with Gasteiger partial charge in [0.1, 0.15) is 0 Å². The first-order valence-electron chi connectivity index (χ1n) is 6.63. The van der Waals surface area contributed by atoms with E-state index in [-0.39, 0.29) is 0 Å². The summed E-state index contributed by atoms with van der Waals surface area (Å²) in [7, 11) is 4.23. The molecule has 1 saturated carbocycles. The van der Waals surface area contributed by atoms with Gasteiger partial charge in [0.2, 0.25) is 0 Å². The summed E-state index contributed by atoms with van der Waals surface area (Å²) in [6, 6.07) is 0.669. The lowest BCUT2D eigenvalue weighted by atomic mass is 10.2. The van der Waals surface area contributed by atoms with Crippen LogP contribution in [0.5, 0.6) is 0 Å². The van der Waals surface area contributed by atoms with Gasteiger partial charge in [-0.15, -0.1) is 0 Å². The van der Waals surface area contributed by atoms with E-state index in [1.807, 2.05) is 0 Å². The minimum Gasteiger partial charge on any atom is -0.377 e. The third kappa shape index (κ3) is 5.83. The third-order valence-electron chi connectivity index (χ3n) is 3.30. The smallest absolute Gasteiger partial charge is 0.0711 e.